The number of amides is 4. The number of piperidine rings is 1. The first-order valence-electron chi connectivity index (χ1n) is 23.6. The molecule has 2 aromatic heterocycles. The smallest absolute Gasteiger partial charge is 0.453 e. The fourth-order valence-corrected chi connectivity index (χ4v) is 10.2. The number of benzene rings is 2. The second-order valence-corrected chi connectivity index (χ2v) is 20.4. The van der Waals surface area contributed by atoms with E-state index in [9.17, 15) is 47.7 Å². The maximum absolute atomic E-state index is 14.1. The minimum atomic E-state index is -4.66. The zero-order valence-electron chi connectivity index (χ0n) is 39.8. The summed E-state index contributed by atoms with van der Waals surface area (Å²) in [6, 6.07) is 12.9. The molecule has 7 atom stereocenters. The number of ether oxygens (including phenoxy) is 2. The van der Waals surface area contributed by atoms with Gasteiger partial charge in [-0.1, -0.05) is 57.2 Å². The number of carbonyl (C=O) groups excluding carboxylic acids is 4. The maximum Gasteiger partial charge on any atom is 0.453 e. The van der Waals surface area contributed by atoms with Crippen molar-refractivity contribution in [1.82, 2.24) is 45.6 Å². The first-order chi connectivity index (χ1) is 33.7. The Hall–Kier alpha value is -6.01. The lowest BCUT2D eigenvalue weighted by molar-refractivity contribution is -0.147. The molecule has 6 heterocycles. The number of aromatic nitrogens is 4. The molecule has 4 aromatic rings. The Balaban J connectivity index is 0.767. The van der Waals surface area contributed by atoms with Crippen LogP contribution >= 0.6 is 11.3 Å². The number of hydrogen-bond acceptors (Lipinski definition) is 15. The number of nitrogens with zero attached hydrogens (tertiary/aromatic N) is 7. The van der Waals surface area contributed by atoms with Gasteiger partial charge in [-0.2, -0.15) is 22.9 Å². The molecule has 19 nitrogen and oxygen atoms in total. The van der Waals surface area contributed by atoms with E-state index in [1.165, 1.54) is 4.90 Å². The lowest BCUT2D eigenvalue weighted by Gasteiger charge is -2.35. The average molecular weight is 1010 g/mol. The van der Waals surface area contributed by atoms with Crippen LogP contribution in [-0.2, 0) is 43.1 Å². The number of alkyl halides is 3. The Morgan fingerprint density at radius 1 is 0.915 bits per heavy atom. The number of β-amino-alcohol motifs (C(OH)–C–C–N with tert-alkyl or cyclic N) is 1. The summed E-state index contributed by atoms with van der Waals surface area (Å²) in [5, 5.41) is 51.7. The molecule has 6 N–H and O–H groups in total. The van der Waals surface area contributed by atoms with E-state index in [0.717, 1.165) is 44.8 Å². The van der Waals surface area contributed by atoms with Crippen LogP contribution in [0.5, 0.6) is 5.75 Å². The zero-order valence-corrected chi connectivity index (χ0v) is 40.6. The first-order valence-corrected chi connectivity index (χ1v) is 24.5. The Morgan fingerprint density at radius 2 is 1.62 bits per heavy atom. The van der Waals surface area contributed by atoms with Crippen molar-refractivity contribution in [2.24, 2.45) is 10.5 Å². The average Bonchev–Trinajstić information content (AvgIpc) is 4.14. The number of aliphatic hydroxyl groups is 3. The van der Waals surface area contributed by atoms with Crippen molar-refractivity contribution in [3.63, 3.8) is 0 Å². The standard InChI is InChI=1S/C48H59F3N10O9S/c1-26-42(71-25-54-26)30-7-5-27(6-8-30)21-53-44(67)33-19-31(62)23-60(33)45(68)43(47(2,3)4)55-38(63)20-34-40(65)41(66)35(70-34)22-52-39(64)24-69-32-11-9-28(10-12-32)29-15-17-59(18-16-29)37-14-13-36-56-57-46(48(49,50)51)61(36)58-37/h5-12,25,29,31,33-35,40-41,43,62,65-66H,13-24H2,1-4H3,(H,52,64)(H,53,67)(H,55,63)/t31?,33?,34?,35-,40+,41-,43?/m1/s1. The van der Waals surface area contributed by atoms with Gasteiger partial charge in [-0.15, -0.1) is 21.5 Å². The molecular weight excluding hydrogens is 950 g/mol. The van der Waals surface area contributed by atoms with Gasteiger partial charge in [0, 0.05) is 52.0 Å². The molecule has 23 heteroatoms. The molecule has 4 aliphatic rings. The molecule has 0 bridgehead atoms. The molecule has 0 aliphatic carbocycles. The van der Waals surface area contributed by atoms with Gasteiger partial charge in [-0.3, -0.25) is 19.2 Å². The van der Waals surface area contributed by atoms with Crippen LogP contribution in [0.4, 0.5) is 13.2 Å². The highest BCUT2D eigenvalue weighted by atomic mass is 32.1. The minimum Gasteiger partial charge on any atom is -0.484 e. The number of aryl methyl sites for hydroxylation is 2. The number of amidine groups is 1. The largest absolute Gasteiger partial charge is 0.484 e. The number of carbonyl (C=O) groups is 4. The Bertz CT molecular complexity index is 2580. The molecule has 2 aromatic carbocycles. The lowest BCUT2D eigenvalue weighted by atomic mass is 9.85. The third kappa shape index (κ3) is 12.0. The third-order valence-corrected chi connectivity index (χ3v) is 14.4. The van der Waals surface area contributed by atoms with Crippen LogP contribution in [0.3, 0.4) is 0 Å². The van der Waals surface area contributed by atoms with Crippen molar-refractivity contribution in [2.45, 2.75) is 127 Å². The topological polar surface area (TPSA) is 246 Å². The van der Waals surface area contributed by atoms with E-state index >= 15 is 0 Å². The molecule has 8 rings (SSSR count). The molecule has 0 radical (unpaired) electrons. The maximum atomic E-state index is 14.1. The van der Waals surface area contributed by atoms with Crippen molar-refractivity contribution in [3.05, 3.63) is 82.5 Å². The van der Waals surface area contributed by atoms with E-state index in [1.807, 2.05) is 48.2 Å². The van der Waals surface area contributed by atoms with Crippen molar-refractivity contribution in [2.75, 3.05) is 32.8 Å². The molecule has 3 fully saturated rings. The molecule has 71 heavy (non-hydrogen) atoms. The molecular formula is C48H59F3N10O9S. The summed E-state index contributed by atoms with van der Waals surface area (Å²) in [7, 11) is 0. The molecule has 3 saturated heterocycles. The fraction of sp³-hybridized carbons (Fsp3) is 0.542. The van der Waals surface area contributed by atoms with Gasteiger partial charge in [0.1, 0.15) is 42.0 Å². The number of aliphatic hydroxyl groups excluding tert-OH is 3. The van der Waals surface area contributed by atoms with Crippen LogP contribution in [-0.4, -0.2) is 150 Å². The number of fused-ring (bicyclic) bond motifs is 1. The van der Waals surface area contributed by atoms with E-state index in [1.54, 1.807) is 49.8 Å². The summed E-state index contributed by atoms with van der Waals surface area (Å²) >= 11 is 1.54. The molecule has 382 valence electrons. The van der Waals surface area contributed by atoms with Gasteiger partial charge in [-0.05, 0) is 59.9 Å². The van der Waals surface area contributed by atoms with Gasteiger partial charge in [0.2, 0.25) is 17.7 Å². The summed E-state index contributed by atoms with van der Waals surface area (Å²) < 4.78 is 52.5. The summed E-state index contributed by atoms with van der Waals surface area (Å²) in [6.45, 7) is 7.94. The van der Waals surface area contributed by atoms with Crippen molar-refractivity contribution in [1.29, 1.82) is 0 Å². The van der Waals surface area contributed by atoms with Gasteiger partial charge in [-0.25, -0.2) is 4.98 Å². The number of nitrogens with one attached hydrogen (secondary N) is 3. The van der Waals surface area contributed by atoms with Gasteiger partial charge in [0.15, 0.2) is 12.4 Å². The van der Waals surface area contributed by atoms with E-state index in [0.29, 0.717) is 37.5 Å². The fourth-order valence-electron chi connectivity index (χ4n) is 9.43. The first kappa shape index (κ1) is 51.3. The van der Waals surface area contributed by atoms with Crippen molar-refractivity contribution < 1.29 is 57.1 Å². The molecule has 0 spiro atoms. The number of hydrogen-bond donors (Lipinski definition) is 6. The highest BCUT2D eigenvalue weighted by molar-refractivity contribution is 7.13. The molecule has 0 saturated carbocycles. The van der Waals surface area contributed by atoms with Gasteiger partial charge in [0.05, 0.1) is 34.7 Å². The predicted molar refractivity (Wildman–Crippen MR) is 252 cm³/mol. The Kier molecular flexibility index (Phi) is 15.5. The number of thiazole rings is 1. The van der Waals surface area contributed by atoms with E-state index in [-0.39, 0.29) is 44.4 Å². The van der Waals surface area contributed by atoms with Crippen molar-refractivity contribution >= 4 is 40.8 Å². The van der Waals surface area contributed by atoms with Crippen LogP contribution in [0.25, 0.3) is 10.4 Å². The summed E-state index contributed by atoms with van der Waals surface area (Å²) in [5.74, 6) is -1.92. The predicted octanol–water partition coefficient (Wildman–Crippen LogP) is 2.90. The minimum absolute atomic E-state index is 0.0157. The number of halogens is 3. The summed E-state index contributed by atoms with van der Waals surface area (Å²) in [4.78, 5) is 62.6. The van der Waals surface area contributed by atoms with E-state index in [4.69, 9.17) is 9.47 Å². The third-order valence-electron chi connectivity index (χ3n) is 13.4. The molecule has 4 aliphatic heterocycles. The second-order valence-electron chi connectivity index (χ2n) is 19.5. The van der Waals surface area contributed by atoms with Crippen LogP contribution in [0, 0.1) is 12.3 Å². The monoisotopic (exact) mass is 1010 g/mol. The zero-order chi connectivity index (χ0) is 50.8. The Morgan fingerprint density at radius 3 is 2.28 bits per heavy atom. The highest BCUT2D eigenvalue weighted by Crippen LogP contribution is 2.34. The summed E-state index contributed by atoms with van der Waals surface area (Å²) in [5.41, 5.74) is 4.78. The molecule has 4 unspecified atom stereocenters. The quantitative estimate of drug-likeness (QED) is 0.107. The van der Waals surface area contributed by atoms with Crippen molar-refractivity contribution in [3.8, 4) is 16.2 Å². The highest BCUT2D eigenvalue weighted by Gasteiger charge is 2.47. The second kappa shape index (κ2) is 21.4. The number of likely N-dealkylation sites (tertiary alicyclic amines) is 2. The lowest BCUT2D eigenvalue weighted by Crippen LogP contribution is -2.58. The van der Waals surface area contributed by atoms with E-state index < -0.39 is 90.1 Å². The number of rotatable bonds is 14. The Labute approximate surface area is 411 Å². The summed E-state index contributed by atoms with van der Waals surface area (Å²) in [6.07, 6.45) is -8.89. The van der Waals surface area contributed by atoms with Gasteiger partial charge in [0.25, 0.3) is 11.7 Å². The molecule has 4 amide bonds. The van der Waals surface area contributed by atoms with Crippen LogP contribution < -0.4 is 20.7 Å². The van der Waals surface area contributed by atoms with Gasteiger partial charge >= 0.3 is 6.18 Å². The van der Waals surface area contributed by atoms with Crippen LogP contribution in [0.1, 0.15) is 87.3 Å². The SMILES string of the molecule is Cc1ncsc1-c1ccc(CNC(=O)C2CC(O)CN2C(=O)C(NC(=O)CC2O[C@H](CNC(=O)COc3ccc(C4CCN(C5=Nn6c(nnc6C(F)(F)F)CC5)CC4)cc3)[C@@H](O)[C@H]2O)C(C)(C)C)cc1. The van der Waals surface area contributed by atoms with Gasteiger partial charge < -0.3 is 50.5 Å². The van der Waals surface area contributed by atoms with Crippen LogP contribution in [0.2, 0.25) is 0 Å². The van der Waals surface area contributed by atoms with E-state index in [2.05, 4.69) is 36.2 Å². The van der Waals surface area contributed by atoms with Crippen LogP contribution in [0.15, 0.2) is 59.1 Å². The normalized spacial score (nSPS) is 23.2.